The topological polar surface area (TPSA) is 86.4 Å². The number of anilines is 1. The Labute approximate surface area is 185 Å². The zero-order valence-electron chi connectivity index (χ0n) is 17.1. The van der Waals surface area contributed by atoms with Gasteiger partial charge in [-0.3, -0.25) is 4.98 Å². The third-order valence-corrected chi connectivity index (χ3v) is 5.10. The van der Waals surface area contributed by atoms with E-state index in [9.17, 15) is 4.39 Å². The van der Waals surface area contributed by atoms with Crippen molar-refractivity contribution >= 4 is 17.4 Å². The second-order valence-electron chi connectivity index (χ2n) is 7.18. The van der Waals surface area contributed by atoms with Crippen molar-refractivity contribution in [3.05, 3.63) is 59.0 Å². The maximum absolute atomic E-state index is 13.8. The lowest BCUT2D eigenvalue weighted by molar-refractivity contribution is 0.122. The van der Waals surface area contributed by atoms with E-state index in [0.29, 0.717) is 46.7 Å². The summed E-state index contributed by atoms with van der Waals surface area (Å²) in [5, 5.41) is 0.432. The van der Waals surface area contributed by atoms with Gasteiger partial charge in [-0.15, -0.1) is 0 Å². The molecule has 4 rings (SSSR count). The third kappa shape index (κ3) is 5.10. The number of rotatable bonds is 6. The Bertz CT molecular complexity index is 1040. The molecule has 0 aromatic carbocycles. The molecule has 31 heavy (non-hydrogen) atoms. The molecular formula is C22H23ClFN5O2. The summed E-state index contributed by atoms with van der Waals surface area (Å²) in [6, 6.07) is 8.75. The molecule has 1 aliphatic rings. The fourth-order valence-electron chi connectivity index (χ4n) is 3.32. The van der Waals surface area contributed by atoms with Gasteiger partial charge in [-0.2, -0.15) is 0 Å². The zero-order valence-corrected chi connectivity index (χ0v) is 17.8. The van der Waals surface area contributed by atoms with Gasteiger partial charge in [-0.25, -0.2) is 14.4 Å². The summed E-state index contributed by atoms with van der Waals surface area (Å²) in [6.45, 7) is 4.70. The van der Waals surface area contributed by atoms with Gasteiger partial charge in [0.15, 0.2) is 5.75 Å². The molecule has 2 N–H and O–H groups in total. The lowest BCUT2D eigenvalue weighted by atomic mass is 10.1. The Morgan fingerprint density at radius 1 is 1.19 bits per heavy atom. The van der Waals surface area contributed by atoms with Crippen LogP contribution in [0, 0.1) is 6.92 Å². The second kappa shape index (κ2) is 9.55. The molecule has 9 heteroatoms. The van der Waals surface area contributed by atoms with Gasteiger partial charge < -0.3 is 20.1 Å². The third-order valence-electron chi connectivity index (χ3n) is 4.89. The summed E-state index contributed by atoms with van der Waals surface area (Å²) in [7, 11) is 0. The summed E-state index contributed by atoms with van der Waals surface area (Å²) < 4.78 is 25.4. The Hall–Kier alpha value is -2.81. The largest absolute Gasteiger partial charge is 0.455 e. The Morgan fingerprint density at radius 3 is 2.71 bits per heavy atom. The Morgan fingerprint density at radius 2 is 2.00 bits per heavy atom. The van der Waals surface area contributed by atoms with Crippen molar-refractivity contribution in [3.63, 3.8) is 0 Å². The van der Waals surface area contributed by atoms with Crippen LogP contribution in [-0.2, 0) is 4.74 Å². The number of morpholine rings is 1. The minimum absolute atomic E-state index is 0.0958. The molecule has 1 aliphatic heterocycles. The molecule has 0 spiro atoms. The minimum Gasteiger partial charge on any atom is -0.455 e. The molecule has 0 radical (unpaired) electrons. The van der Waals surface area contributed by atoms with Crippen molar-refractivity contribution in [2.45, 2.75) is 13.1 Å². The van der Waals surface area contributed by atoms with Crippen LogP contribution in [0.3, 0.4) is 0 Å². The maximum atomic E-state index is 13.8. The number of hydrogen-bond donors (Lipinski definition) is 1. The Kier molecular flexibility index (Phi) is 6.60. The molecule has 1 unspecified atom stereocenters. The fraction of sp³-hybridized carbons (Fsp3) is 0.318. The van der Waals surface area contributed by atoms with Gasteiger partial charge in [0.1, 0.15) is 23.4 Å². The van der Waals surface area contributed by atoms with Crippen LogP contribution < -0.4 is 15.4 Å². The number of aryl methyl sites for hydroxylation is 1. The zero-order chi connectivity index (χ0) is 21.8. The second-order valence-corrected chi connectivity index (χ2v) is 7.62. The first-order chi connectivity index (χ1) is 15.0. The summed E-state index contributed by atoms with van der Waals surface area (Å²) >= 11 is 6.18. The van der Waals surface area contributed by atoms with E-state index in [1.54, 1.807) is 18.2 Å². The predicted molar refractivity (Wildman–Crippen MR) is 117 cm³/mol. The molecule has 7 nitrogen and oxygen atoms in total. The van der Waals surface area contributed by atoms with E-state index in [0.717, 1.165) is 24.6 Å². The van der Waals surface area contributed by atoms with E-state index in [4.69, 9.17) is 26.8 Å². The monoisotopic (exact) mass is 443 g/mol. The summed E-state index contributed by atoms with van der Waals surface area (Å²) in [5.41, 5.74) is 7.68. The van der Waals surface area contributed by atoms with E-state index in [2.05, 4.69) is 19.9 Å². The van der Waals surface area contributed by atoms with Crippen molar-refractivity contribution in [1.82, 2.24) is 15.0 Å². The van der Waals surface area contributed by atoms with E-state index in [1.165, 1.54) is 12.4 Å². The van der Waals surface area contributed by atoms with Crippen LogP contribution in [0.5, 0.6) is 11.5 Å². The fourth-order valence-corrected chi connectivity index (χ4v) is 3.47. The molecule has 4 heterocycles. The highest BCUT2D eigenvalue weighted by Crippen LogP contribution is 2.34. The quantitative estimate of drug-likeness (QED) is 0.613. The highest BCUT2D eigenvalue weighted by molar-refractivity contribution is 6.30. The summed E-state index contributed by atoms with van der Waals surface area (Å²) in [4.78, 5) is 15.5. The van der Waals surface area contributed by atoms with Crippen molar-refractivity contribution in [2.24, 2.45) is 5.73 Å². The van der Waals surface area contributed by atoms with Crippen molar-refractivity contribution in [2.75, 3.05) is 37.7 Å². The highest BCUT2D eigenvalue weighted by Gasteiger charge is 2.17. The lowest BCUT2D eigenvalue weighted by Crippen LogP contribution is -2.36. The van der Waals surface area contributed by atoms with E-state index in [1.807, 2.05) is 19.1 Å². The van der Waals surface area contributed by atoms with Crippen LogP contribution in [0.1, 0.15) is 17.4 Å². The van der Waals surface area contributed by atoms with Crippen molar-refractivity contribution in [3.8, 4) is 22.9 Å². The molecule has 0 amide bonds. The van der Waals surface area contributed by atoms with E-state index >= 15 is 0 Å². The molecule has 3 aromatic heterocycles. The Balaban J connectivity index is 1.65. The van der Waals surface area contributed by atoms with Crippen LogP contribution in [0.4, 0.5) is 10.2 Å². The molecule has 162 valence electrons. The molecular weight excluding hydrogens is 421 g/mol. The van der Waals surface area contributed by atoms with E-state index in [-0.39, 0.29) is 6.54 Å². The molecule has 3 aromatic rings. The van der Waals surface area contributed by atoms with E-state index < -0.39 is 6.17 Å². The maximum Gasteiger partial charge on any atom is 0.156 e. The standard InChI is InChI=1S/C22H23ClFN5O2/c1-14-8-17(10-21(28-14)29-4-6-30-7-5-29)31-20-9-16(23)13-27-22(20)19-3-2-15(12-26-19)18(24)11-25/h2-3,8-10,12-13,18H,4-7,11,25H2,1H3. The van der Waals surface area contributed by atoms with Gasteiger partial charge in [-0.1, -0.05) is 17.7 Å². The van der Waals surface area contributed by atoms with Crippen molar-refractivity contribution < 1.29 is 13.9 Å². The minimum atomic E-state index is -1.26. The summed E-state index contributed by atoms with van der Waals surface area (Å²) in [6.07, 6.45) is 1.72. The number of nitrogens with zero attached hydrogens (tertiary/aromatic N) is 4. The first-order valence-corrected chi connectivity index (χ1v) is 10.4. The van der Waals surface area contributed by atoms with Crippen LogP contribution in [0.25, 0.3) is 11.4 Å². The first-order valence-electron chi connectivity index (χ1n) is 9.98. The van der Waals surface area contributed by atoms with Gasteiger partial charge in [0.2, 0.25) is 0 Å². The number of hydrogen-bond acceptors (Lipinski definition) is 7. The van der Waals surface area contributed by atoms with Crippen LogP contribution in [0.15, 0.2) is 42.7 Å². The smallest absolute Gasteiger partial charge is 0.156 e. The number of nitrogens with two attached hydrogens (primary N) is 1. The van der Waals surface area contributed by atoms with Gasteiger partial charge in [0.25, 0.3) is 0 Å². The molecule has 1 atom stereocenters. The SMILES string of the molecule is Cc1cc(Oc2cc(Cl)cnc2-c2ccc(C(F)CN)cn2)cc(N2CCOCC2)n1. The summed E-state index contributed by atoms with van der Waals surface area (Å²) in [5.74, 6) is 1.89. The van der Waals surface area contributed by atoms with Gasteiger partial charge in [-0.05, 0) is 13.0 Å². The van der Waals surface area contributed by atoms with Crippen LogP contribution in [0.2, 0.25) is 5.02 Å². The molecule has 0 aliphatic carbocycles. The van der Waals surface area contributed by atoms with Gasteiger partial charge in [0, 0.05) is 61.5 Å². The number of pyridine rings is 3. The average Bonchev–Trinajstić information content (AvgIpc) is 2.79. The molecule has 1 saturated heterocycles. The van der Waals surface area contributed by atoms with Crippen molar-refractivity contribution in [1.29, 1.82) is 0 Å². The average molecular weight is 444 g/mol. The predicted octanol–water partition coefficient (Wildman–Crippen LogP) is 4.10. The normalized spacial score (nSPS) is 15.0. The first kappa shape index (κ1) is 21.4. The van der Waals surface area contributed by atoms with Gasteiger partial charge in [0.05, 0.1) is 23.9 Å². The van der Waals surface area contributed by atoms with Gasteiger partial charge >= 0.3 is 0 Å². The number of alkyl halides is 1. The highest BCUT2D eigenvalue weighted by atomic mass is 35.5. The number of aromatic nitrogens is 3. The van der Waals surface area contributed by atoms with Crippen LogP contribution >= 0.6 is 11.6 Å². The molecule has 0 saturated carbocycles. The molecule has 1 fully saturated rings. The number of halogens is 2. The molecule has 0 bridgehead atoms. The van der Waals surface area contributed by atoms with Crippen LogP contribution in [-0.4, -0.2) is 47.8 Å². The lowest BCUT2D eigenvalue weighted by Gasteiger charge is -2.28. The number of ether oxygens (including phenoxy) is 2.